The predicted octanol–water partition coefficient (Wildman–Crippen LogP) is 1.24. The van der Waals surface area contributed by atoms with Gasteiger partial charge >= 0.3 is 5.69 Å². The van der Waals surface area contributed by atoms with Gasteiger partial charge in [0, 0.05) is 17.7 Å². The summed E-state index contributed by atoms with van der Waals surface area (Å²) >= 11 is 0. The van der Waals surface area contributed by atoms with E-state index < -0.39 is 15.8 Å². The summed E-state index contributed by atoms with van der Waals surface area (Å²) in [6, 6.07) is 5.81. The van der Waals surface area contributed by atoms with Crippen LogP contribution in [0.25, 0.3) is 0 Å². The second-order valence-electron chi connectivity index (χ2n) is 4.69. The predicted molar refractivity (Wildman–Crippen MR) is 82.3 cm³/mol. The Morgan fingerprint density at radius 1 is 1.29 bits per heavy atom. The molecule has 1 aromatic heterocycles. The molecule has 0 spiro atoms. The first-order valence-electron chi connectivity index (χ1n) is 6.61. The van der Waals surface area contributed by atoms with Crippen molar-refractivity contribution < 1.29 is 14.6 Å². The van der Waals surface area contributed by atoms with E-state index in [1.165, 1.54) is 18.2 Å². The number of hydrogen-bond acceptors (Lipinski definition) is 7. The molecule has 2 aromatic rings. The van der Waals surface area contributed by atoms with E-state index in [0.717, 1.165) is 17.1 Å². The lowest BCUT2D eigenvalue weighted by Gasteiger charge is -2.03. The molecule has 1 heterocycles. The molecule has 24 heavy (non-hydrogen) atoms. The quantitative estimate of drug-likeness (QED) is 0.478. The van der Waals surface area contributed by atoms with Gasteiger partial charge in [-0.05, 0) is 6.92 Å². The van der Waals surface area contributed by atoms with Gasteiger partial charge in [-0.2, -0.15) is 10.2 Å². The number of nitrogens with zero attached hydrogens (tertiary/aromatic N) is 5. The summed E-state index contributed by atoms with van der Waals surface area (Å²) in [6.07, 6.45) is 2.15. The first kappa shape index (κ1) is 16.7. The minimum atomic E-state index is -0.619. The summed E-state index contributed by atoms with van der Waals surface area (Å²) in [7, 11) is 0. The summed E-state index contributed by atoms with van der Waals surface area (Å²) in [5.41, 5.74) is 2.82. The van der Waals surface area contributed by atoms with Gasteiger partial charge in [0.1, 0.15) is 18.9 Å². The lowest BCUT2D eigenvalue weighted by molar-refractivity contribution is -0.385. The van der Waals surface area contributed by atoms with Crippen LogP contribution >= 0.6 is 0 Å². The first-order chi connectivity index (χ1) is 11.4. The molecule has 0 saturated carbocycles. The SMILES string of the molecule is C/C(=N/NC(=O)Cn1cc([N+](=O)[O-])cn1)c1cccc([N+](=O)[O-])c1. The van der Waals surface area contributed by atoms with Gasteiger partial charge in [0.15, 0.2) is 0 Å². The number of non-ortho nitro benzene ring substituents is 1. The van der Waals surface area contributed by atoms with E-state index in [9.17, 15) is 25.0 Å². The third kappa shape index (κ3) is 4.19. The number of nitro benzene ring substituents is 1. The fourth-order valence-electron chi connectivity index (χ4n) is 1.77. The minimum Gasteiger partial charge on any atom is -0.271 e. The molecular weight excluding hydrogens is 320 g/mol. The molecule has 1 N–H and O–H groups in total. The molecule has 124 valence electrons. The molecule has 11 nitrogen and oxygen atoms in total. The number of amides is 1. The number of benzene rings is 1. The van der Waals surface area contributed by atoms with E-state index in [1.54, 1.807) is 13.0 Å². The third-order valence-electron chi connectivity index (χ3n) is 2.96. The van der Waals surface area contributed by atoms with Crippen molar-refractivity contribution in [2.45, 2.75) is 13.5 Å². The Morgan fingerprint density at radius 2 is 2.00 bits per heavy atom. The molecule has 0 fully saturated rings. The number of aromatic nitrogens is 2. The number of nitro groups is 2. The Hall–Kier alpha value is -3.63. The van der Waals surface area contributed by atoms with Crippen LogP contribution in [0, 0.1) is 20.2 Å². The molecule has 0 bridgehead atoms. The van der Waals surface area contributed by atoms with E-state index in [-0.39, 0.29) is 17.9 Å². The van der Waals surface area contributed by atoms with Gasteiger partial charge in [-0.3, -0.25) is 29.7 Å². The van der Waals surface area contributed by atoms with Crippen molar-refractivity contribution in [3.05, 3.63) is 62.5 Å². The summed E-state index contributed by atoms with van der Waals surface area (Å²) < 4.78 is 1.10. The molecule has 1 amide bonds. The minimum absolute atomic E-state index is 0.0859. The number of nitrogens with one attached hydrogen (secondary N) is 1. The van der Waals surface area contributed by atoms with E-state index in [1.807, 2.05) is 0 Å². The number of rotatable bonds is 6. The Kier molecular flexibility index (Phi) is 4.94. The molecule has 0 saturated heterocycles. The number of hydrazone groups is 1. The van der Waals surface area contributed by atoms with Gasteiger partial charge in [-0.15, -0.1) is 0 Å². The molecule has 2 rings (SSSR count). The average Bonchev–Trinajstić information content (AvgIpc) is 3.01. The van der Waals surface area contributed by atoms with Gasteiger partial charge < -0.3 is 0 Å². The highest BCUT2D eigenvalue weighted by Crippen LogP contribution is 2.13. The lowest BCUT2D eigenvalue weighted by atomic mass is 10.1. The molecule has 0 atom stereocenters. The average molecular weight is 332 g/mol. The zero-order valence-electron chi connectivity index (χ0n) is 12.4. The smallest absolute Gasteiger partial charge is 0.271 e. The second kappa shape index (κ2) is 7.09. The van der Waals surface area contributed by atoms with Crippen LogP contribution in [0.15, 0.2) is 41.8 Å². The normalized spacial score (nSPS) is 11.1. The number of carbonyl (C=O) groups is 1. The fourth-order valence-corrected chi connectivity index (χ4v) is 1.77. The van der Waals surface area contributed by atoms with Crippen LogP contribution in [-0.4, -0.2) is 31.2 Å². The van der Waals surface area contributed by atoms with Crippen molar-refractivity contribution in [1.29, 1.82) is 0 Å². The molecular formula is C13H12N6O5. The van der Waals surface area contributed by atoms with Gasteiger partial charge in [-0.1, -0.05) is 12.1 Å². The Labute approximate surface area is 134 Å². The summed E-state index contributed by atoms with van der Waals surface area (Å²) in [5, 5.41) is 28.8. The fraction of sp³-hybridized carbons (Fsp3) is 0.154. The Balaban J connectivity index is 2.00. The van der Waals surface area contributed by atoms with E-state index in [2.05, 4.69) is 15.6 Å². The topological polar surface area (TPSA) is 146 Å². The van der Waals surface area contributed by atoms with Crippen molar-refractivity contribution in [2.24, 2.45) is 5.10 Å². The molecule has 0 aliphatic carbocycles. The molecule has 0 unspecified atom stereocenters. The van der Waals surface area contributed by atoms with Crippen LogP contribution in [0.5, 0.6) is 0 Å². The van der Waals surface area contributed by atoms with Crippen molar-refractivity contribution in [3.63, 3.8) is 0 Å². The largest absolute Gasteiger partial charge is 0.307 e. The molecule has 0 radical (unpaired) electrons. The highest BCUT2D eigenvalue weighted by atomic mass is 16.6. The molecule has 1 aromatic carbocycles. The van der Waals surface area contributed by atoms with Crippen LogP contribution in [0.2, 0.25) is 0 Å². The zero-order chi connectivity index (χ0) is 17.7. The van der Waals surface area contributed by atoms with E-state index in [4.69, 9.17) is 0 Å². The summed E-state index contributed by atoms with van der Waals surface area (Å²) in [5.74, 6) is -0.544. The Morgan fingerprint density at radius 3 is 2.62 bits per heavy atom. The molecule has 11 heteroatoms. The van der Waals surface area contributed by atoms with Crippen LogP contribution in [0.3, 0.4) is 0 Å². The maximum Gasteiger partial charge on any atom is 0.307 e. The third-order valence-corrected chi connectivity index (χ3v) is 2.96. The van der Waals surface area contributed by atoms with Crippen molar-refractivity contribution in [1.82, 2.24) is 15.2 Å². The van der Waals surface area contributed by atoms with Crippen molar-refractivity contribution in [3.8, 4) is 0 Å². The summed E-state index contributed by atoms with van der Waals surface area (Å²) in [4.78, 5) is 31.9. The monoisotopic (exact) mass is 332 g/mol. The van der Waals surface area contributed by atoms with Gasteiger partial charge in [0.25, 0.3) is 11.6 Å². The van der Waals surface area contributed by atoms with Gasteiger partial charge in [0.05, 0.1) is 15.6 Å². The van der Waals surface area contributed by atoms with E-state index >= 15 is 0 Å². The first-order valence-corrected chi connectivity index (χ1v) is 6.61. The lowest BCUT2D eigenvalue weighted by Crippen LogP contribution is -2.24. The van der Waals surface area contributed by atoms with Crippen LogP contribution < -0.4 is 5.43 Å². The number of carbonyl (C=O) groups excluding carboxylic acids is 1. The standard InChI is InChI=1S/C13H12N6O5/c1-9(10-3-2-4-11(5-10)18(21)22)15-16-13(20)8-17-7-12(6-14-17)19(23)24/h2-7H,8H2,1H3,(H,16,20)/b15-9-. The second-order valence-corrected chi connectivity index (χ2v) is 4.69. The van der Waals surface area contributed by atoms with Gasteiger partial charge in [0.2, 0.25) is 0 Å². The highest BCUT2D eigenvalue weighted by molar-refractivity contribution is 5.99. The summed E-state index contributed by atoms with van der Waals surface area (Å²) in [6.45, 7) is 1.33. The molecule has 0 aliphatic heterocycles. The maximum atomic E-state index is 11.7. The zero-order valence-corrected chi connectivity index (χ0v) is 12.4. The van der Waals surface area contributed by atoms with Gasteiger partial charge in [-0.25, -0.2) is 5.43 Å². The van der Waals surface area contributed by atoms with Crippen LogP contribution in [-0.2, 0) is 11.3 Å². The van der Waals surface area contributed by atoms with Crippen LogP contribution in [0.4, 0.5) is 11.4 Å². The highest BCUT2D eigenvalue weighted by Gasteiger charge is 2.11. The van der Waals surface area contributed by atoms with Crippen LogP contribution in [0.1, 0.15) is 12.5 Å². The van der Waals surface area contributed by atoms with Crippen molar-refractivity contribution in [2.75, 3.05) is 0 Å². The van der Waals surface area contributed by atoms with Crippen molar-refractivity contribution >= 4 is 23.0 Å². The Bertz CT molecular complexity index is 828. The molecule has 0 aliphatic rings. The van der Waals surface area contributed by atoms with E-state index in [0.29, 0.717) is 11.3 Å². The maximum absolute atomic E-state index is 11.7. The number of hydrogen-bond donors (Lipinski definition) is 1.